The Morgan fingerprint density at radius 1 is 0.958 bits per heavy atom. The first-order valence-electron chi connectivity index (χ1n) is 6.93. The van der Waals surface area contributed by atoms with Gasteiger partial charge in [0.25, 0.3) is 5.60 Å². The van der Waals surface area contributed by atoms with E-state index < -0.39 is 49.7 Å². The number of aliphatic hydroxyl groups is 2. The minimum atomic E-state index is -5.82. The van der Waals surface area contributed by atoms with Crippen LogP contribution in [0.25, 0.3) is 0 Å². The van der Waals surface area contributed by atoms with Crippen molar-refractivity contribution in [2.75, 3.05) is 13.2 Å². The summed E-state index contributed by atoms with van der Waals surface area (Å²) in [5.41, 5.74) is -4.18. The van der Waals surface area contributed by atoms with Crippen molar-refractivity contribution >= 4 is 0 Å². The zero-order valence-electron chi connectivity index (χ0n) is 12.2. The number of nitrogens with zero attached hydrogens (tertiary/aromatic N) is 1. The van der Waals surface area contributed by atoms with Crippen LogP contribution >= 0.6 is 0 Å². The van der Waals surface area contributed by atoms with Crippen molar-refractivity contribution in [2.45, 2.75) is 30.5 Å². The second-order valence-corrected chi connectivity index (χ2v) is 5.42. The van der Waals surface area contributed by atoms with Gasteiger partial charge in [-0.25, -0.2) is 0 Å². The molecule has 2 rings (SSSR count). The number of benzene rings is 1. The molecule has 1 aromatic rings. The molecule has 0 aliphatic carbocycles. The summed E-state index contributed by atoms with van der Waals surface area (Å²) in [6.07, 6.45) is -11.6. The smallest absolute Gasteiger partial charge is 0.396 e. The molecule has 1 aromatic carbocycles. The lowest BCUT2D eigenvalue weighted by Crippen LogP contribution is -2.62. The Balaban J connectivity index is 2.46. The predicted octanol–water partition coefficient (Wildman–Crippen LogP) is 2.27. The van der Waals surface area contributed by atoms with Crippen LogP contribution in [0, 0.1) is 5.92 Å². The maximum Gasteiger partial charge on any atom is 0.428 e. The summed E-state index contributed by atoms with van der Waals surface area (Å²) in [5.74, 6) is -2.41. The fourth-order valence-corrected chi connectivity index (χ4v) is 2.86. The summed E-state index contributed by atoms with van der Waals surface area (Å²) < 4.78 is 79.8. The highest BCUT2D eigenvalue weighted by molar-refractivity contribution is 5.16. The summed E-state index contributed by atoms with van der Waals surface area (Å²) in [4.78, 5) is 4.35. The Hall–Kier alpha value is -1.36. The van der Waals surface area contributed by atoms with Gasteiger partial charge in [-0.3, -0.25) is 4.84 Å². The number of alkyl halides is 6. The van der Waals surface area contributed by atoms with Crippen LogP contribution in [-0.4, -0.2) is 52.5 Å². The van der Waals surface area contributed by atoms with Gasteiger partial charge in [0.2, 0.25) is 0 Å². The highest BCUT2D eigenvalue weighted by Crippen LogP contribution is 2.55. The first-order chi connectivity index (χ1) is 11.1. The van der Waals surface area contributed by atoms with Crippen LogP contribution in [0.2, 0.25) is 0 Å². The average molecular weight is 359 g/mol. The number of aliphatic hydroxyl groups excluding tert-OH is 2. The van der Waals surface area contributed by atoms with Gasteiger partial charge < -0.3 is 10.2 Å². The highest BCUT2D eigenvalue weighted by Gasteiger charge is 2.80. The molecule has 0 radical (unpaired) electrons. The summed E-state index contributed by atoms with van der Waals surface area (Å²) in [6.45, 7) is -2.89. The van der Waals surface area contributed by atoms with Crippen molar-refractivity contribution in [1.82, 2.24) is 5.06 Å². The van der Waals surface area contributed by atoms with Crippen LogP contribution in [-0.2, 0) is 11.4 Å². The topological polar surface area (TPSA) is 52.9 Å². The summed E-state index contributed by atoms with van der Waals surface area (Å²) in [7, 11) is 0. The molecule has 1 fully saturated rings. The second kappa shape index (κ2) is 6.51. The summed E-state index contributed by atoms with van der Waals surface area (Å²) >= 11 is 0. The van der Waals surface area contributed by atoms with Gasteiger partial charge in [0.15, 0.2) is 0 Å². The van der Waals surface area contributed by atoms with Crippen LogP contribution < -0.4 is 0 Å². The standard InChI is InChI=1S/C14H15F6NO3/c15-13(16,17)12(14(18,19)20)10(7-22)11(8-23)21(24-12)6-9-4-2-1-3-5-9/h1-5,10-11,22-23H,6-8H2/t10-,11+/m1/s1. The molecule has 10 heteroatoms. The molecule has 2 atom stereocenters. The van der Waals surface area contributed by atoms with E-state index in [2.05, 4.69) is 4.84 Å². The summed E-state index contributed by atoms with van der Waals surface area (Å²) in [5, 5.41) is 18.9. The van der Waals surface area contributed by atoms with E-state index in [1.165, 1.54) is 12.1 Å². The Labute approximate surface area is 133 Å². The quantitative estimate of drug-likeness (QED) is 0.810. The molecule has 0 bridgehead atoms. The molecule has 1 heterocycles. The SMILES string of the molecule is OC[C@@H]1[C@H](CO)N(Cc2ccccc2)OC1(C(F)(F)F)C(F)(F)F. The first kappa shape index (κ1) is 19.0. The first-order valence-corrected chi connectivity index (χ1v) is 6.93. The van der Waals surface area contributed by atoms with Crippen LogP contribution in [0.1, 0.15) is 5.56 Å². The fourth-order valence-electron chi connectivity index (χ4n) is 2.86. The molecule has 0 unspecified atom stereocenters. The maximum absolute atomic E-state index is 13.3. The molecule has 136 valence electrons. The van der Waals surface area contributed by atoms with Crippen molar-refractivity contribution in [2.24, 2.45) is 5.92 Å². The molecular weight excluding hydrogens is 344 g/mol. The molecule has 24 heavy (non-hydrogen) atoms. The lowest BCUT2D eigenvalue weighted by atomic mass is 9.82. The molecule has 1 saturated heterocycles. The number of halogens is 6. The van der Waals surface area contributed by atoms with Crippen molar-refractivity contribution in [3.05, 3.63) is 35.9 Å². The minimum absolute atomic E-state index is 0.396. The predicted molar refractivity (Wildman–Crippen MR) is 69.4 cm³/mol. The van der Waals surface area contributed by atoms with E-state index in [1.807, 2.05) is 0 Å². The number of hydrogen-bond donors (Lipinski definition) is 2. The molecule has 0 spiro atoms. The van der Waals surface area contributed by atoms with Gasteiger partial charge in [0.05, 0.1) is 25.2 Å². The number of hydroxylamine groups is 2. The Kier molecular flexibility index (Phi) is 5.14. The highest BCUT2D eigenvalue weighted by atomic mass is 19.4. The van der Waals surface area contributed by atoms with Crippen LogP contribution in [0.5, 0.6) is 0 Å². The fraction of sp³-hybridized carbons (Fsp3) is 0.571. The molecular formula is C14H15F6NO3. The molecule has 1 aliphatic heterocycles. The van der Waals surface area contributed by atoms with E-state index in [0.717, 1.165) is 0 Å². The molecule has 0 saturated carbocycles. The summed E-state index contributed by atoms with van der Waals surface area (Å²) in [6, 6.07) is 6.07. The largest absolute Gasteiger partial charge is 0.428 e. The van der Waals surface area contributed by atoms with E-state index in [0.29, 0.717) is 10.6 Å². The van der Waals surface area contributed by atoms with Crippen molar-refractivity contribution < 1.29 is 41.4 Å². The lowest BCUT2D eigenvalue weighted by Gasteiger charge is -2.36. The Morgan fingerprint density at radius 2 is 1.50 bits per heavy atom. The van der Waals surface area contributed by atoms with Gasteiger partial charge >= 0.3 is 12.4 Å². The third-order valence-electron chi connectivity index (χ3n) is 4.03. The molecule has 1 aliphatic rings. The molecule has 4 nitrogen and oxygen atoms in total. The molecule has 0 amide bonds. The zero-order chi connectivity index (χ0) is 18.2. The van der Waals surface area contributed by atoms with E-state index in [-0.39, 0.29) is 0 Å². The van der Waals surface area contributed by atoms with Crippen LogP contribution in [0.3, 0.4) is 0 Å². The van der Waals surface area contributed by atoms with E-state index in [4.69, 9.17) is 0 Å². The second-order valence-electron chi connectivity index (χ2n) is 5.42. The van der Waals surface area contributed by atoms with E-state index >= 15 is 0 Å². The van der Waals surface area contributed by atoms with Gasteiger partial charge in [-0.1, -0.05) is 30.3 Å². The van der Waals surface area contributed by atoms with Gasteiger partial charge in [-0.2, -0.15) is 31.4 Å². The zero-order valence-corrected chi connectivity index (χ0v) is 12.2. The number of hydrogen-bond acceptors (Lipinski definition) is 4. The van der Waals surface area contributed by atoms with Crippen LogP contribution in [0.4, 0.5) is 26.3 Å². The molecule has 0 aromatic heterocycles. The van der Waals surface area contributed by atoms with Crippen molar-refractivity contribution in [3.8, 4) is 0 Å². The van der Waals surface area contributed by atoms with Crippen LogP contribution in [0.15, 0.2) is 30.3 Å². The third-order valence-corrected chi connectivity index (χ3v) is 4.03. The van der Waals surface area contributed by atoms with Crippen molar-refractivity contribution in [1.29, 1.82) is 0 Å². The van der Waals surface area contributed by atoms with E-state index in [1.54, 1.807) is 18.2 Å². The minimum Gasteiger partial charge on any atom is -0.396 e. The average Bonchev–Trinajstić information content (AvgIpc) is 2.82. The maximum atomic E-state index is 13.3. The van der Waals surface area contributed by atoms with Crippen molar-refractivity contribution in [3.63, 3.8) is 0 Å². The lowest BCUT2D eigenvalue weighted by molar-refractivity contribution is -0.416. The van der Waals surface area contributed by atoms with Gasteiger partial charge in [0, 0.05) is 6.54 Å². The van der Waals surface area contributed by atoms with Gasteiger partial charge in [-0.15, -0.1) is 0 Å². The molecule has 2 N–H and O–H groups in total. The number of rotatable bonds is 4. The Bertz CT molecular complexity index is 534. The van der Waals surface area contributed by atoms with Gasteiger partial charge in [0.1, 0.15) is 0 Å². The van der Waals surface area contributed by atoms with E-state index in [9.17, 15) is 36.6 Å². The monoisotopic (exact) mass is 359 g/mol. The normalized spacial score (nSPS) is 25.2. The van der Waals surface area contributed by atoms with Gasteiger partial charge in [-0.05, 0) is 5.56 Å². The Morgan fingerprint density at radius 3 is 1.92 bits per heavy atom. The third kappa shape index (κ3) is 2.99.